The van der Waals surface area contributed by atoms with E-state index >= 15 is 0 Å². The second-order valence-electron chi connectivity index (χ2n) is 6.46. The molecule has 0 atom stereocenters. The van der Waals surface area contributed by atoms with Crippen molar-refractivity contribution in [1.29, 1.82) is 0 Å². The Morgan fingerprint density at radius 1 is 1.17 bits per heavy atom. The second kappa shape index (κ2) is 6.06. The van der Waals surface area contributed by atoms with Crippen LogP contribution in [0.4, 0.5) is 4.79 Å². The summed E-state index contributed by atoms with van der Waals surface area (Å²) >= 11 is 6.27. The lowest BCUT2D eigenvalue weighted by Crippen LogP contribution is -2.37. The Bertz CT molecular complexity index is 817. The highest BCUT2D eigenvalue weighted by Crippen LogP contribution is 2.29. The van der Waals surface area contributed by atoms with Crippen molar-refractivity contribution in [2.24, 2.45) is 0 Å². The normalized spacial score (nSPS) is 19.0. The summed E-state index contributed by atoms with van der Waals surface area (Å²) in [6.07, 6.45) is 4.24. The van der Waals surface area contributed by atoms with E-state index in [9.17, 15) is 9.59 Å². The Kier molecular flexibility index (Phi) is 3.88. The monoisotopic (exact) mass is 343 g/mol. The first-order chi connectivity index (χ1) is 11.6. The van der Waals surface area contributed by atoms with Gasteiger partial charge in [0.05, 0.1) is 12.1 Å². The van der Waals surface area contributed by atoms with Crippen LogP contribution in [0.15, 0.2) is 30.3 Å². The van der Waals surface area contributed by atoms with Crippen molar-refractivity contribution in [3.8, 4) is 0 Å². The number of amides is 3. The number of nitrogens with zero attached hydrogens (tertiary/aromatic N) is 3. The molecule has 6 heteroatoms. The summed E-state index contributed by atoms with van der Waals surface area (Å²) in [5.41, 5.74) is 1.50. The zero-order chi connectivity index (χ0) is 16.7. The predicted octanol–water partition coefficient (Wildman–Crippen LogP) is 3.60. The molecule has 3 amide bonds. The highest BCUT2D eigenvalue weighted by molar-refractivity contribution is 6.30. The Morgan fingerprint density at radius 2 is 1.92 bits per heavy atom. The van der Waals surface area contributed by atoms with Gasteiger partial charge in [0.25, 0.3) is 5.91 Å². The molecule has 0 spiro atoms. The summed E-state index contributed by atoms with van der Waals surface area (Å²) in [5.74, 6) is -0.156. The van der Waals surface area contributed by atoms with Gasteiger partial charge in [-0.05, 0) is 25.0 Å². The summed E-state index contributed by atoms with van der Waals surface area (Å²) < 4.78 is 0. The van der Waals surface area contributed by atoms with Crippen LogP contribution in [-0.2, 0) is 11.3 Å². The number of hydrogen-bond donors (Lipinski definition) is 0. The van der Waals surface area contributed by atoms with Gasteiger partial charge in [-0.15, -0.1) is 0 Å². The first-order valence-corrected chi connectivity index (χ1v) is 8.66. The molecule has 24 heavy (non-hydrogen) atoms. The van der Waals surface area contributed by atoms with Gasteiger partial charge >= 0.3 is 6.03 Å². The molecule has 0 bridgehead atoms. The van der Waals surface area contributed by atoms with Crippen molar-refractivity contribution in [1.82, 2.24) is 14.8 Å². The van der Waals surface area contributed by atoms with Crippen molar-refractivity contribution < 1.29 is 9.59 Å². The lowest BCUT2D eigenvalue weighted by molar-refractivity contribution is -0.125. The third kappa shape index (κ3) is 2.63. The van der Waals surface area contributed by atoms with Crippen LogP contribution in [0.2, 0.25) is 5.15 Å². The van der Waals surface area contributed by atoms with Crippen LogP contribution in [0.3, 0.4) is 0 Å². The van der Waals surface area contributed by atoms with Gasteiger partial charge in [0, 0.05) is 17.0 Å². The van der Waals surface area contributed by atoms with E-state index in [0.29, 0.717) is 10.7 Å². The Morgan fingerprint density at radius 3 is 2.71 bits per heavy atom. The summed E-state index contributed by atoms with van der Waals surface area (Å²) in [5, 5.41) is 1.29. The molecular formula is C18H18ClN3O2. The molecular weight excluding hydrogens is 326 g/mol. The summed E-state index contributed by atoms with van der Waals surface area (Å²) in [7, 11) is 0. The molecule has 0 unspecified atom stereocenters. The molecule has 1 aromatic heterocycles. The molecule has 1 aliphatic heterocycles. The van der Waals surface area contributed by atoms with Gasteiger partial charge in [0.2, 0.25) is 0 Å². The minimum absolute atomic E-state index is 0.156. The Labute approximate surface area is 145 Å². The van der Waals surface area contributed by atoms with Crippen LogP contribution < -0.4 is 0 Å². The van der Waals surface area contributed by atoms with E-state index in [1.807, 2.05) is 30.3 Å². The molecule has 2 heterocycles. The molecule has 1 saturated carbocycles. The lowest BCUT2D eigenvalue weighted by Gasteiger charge is -2.23. The van der Waals surface area contributed by atoms with Gasteiger partial charge < -0.3 is 4.90 Å². The summed E-state index contributed by atoms with van der Waals surface area (Å²) in [6, 6.07) is 9.57. The molecule has 124 valence electrons. The number of urea groups is 1. The number of hydrogen-bond acceptors (Lipinski definition) is 3. The van der Waals surface area contributed by atoms with E-state index in [0.717, 1.165) is 36.6 Å². The van der Waals surface area contributed by atoms with E-state index in [4.69, 9.17) is 11.6 Å². The number of carbonyl (C=O) groups excluding carboxylic acids is 2. The first-order valence-electron chi connectivity index (χ1n) is 8.28. The quantitative estimate of drug-likeness (QED) is 0.632. The molecule has 1 aromatic carbocycles. The summed E-state index contributed by atoms with van der Waals surface area (Å²) in [6.45, 7) is 0.361. The molecule has 1 aliphatic carbocycles. The molecule has 2 aliphatic rings. The number of carbonyl (C=O) groups is 2. The minimum atomic E-state index is -0.198. The van der Waals surface area contributed by atoms with Crippen LogP contribution in [0.25, 0.3) is 10.9 Å². The number of halogens is 1. The van der Waals surface area contributed by atoms with Crippen LogP contribution in [0.1, 0.15) is 31.2 Å². The predicted molar refractivity (Wildman–Crippen MR) is 91.7 cm³/mol. The van der Waals surface area contributed by atoms with Crippen LogP contribution in [0.5, 0.6) is 0 Å². The van der Waals surface area contributed by atoms with E-state index in [-0.39, 0.29) is 31.1 Å². The molecule has 5 nitrogen and oxygen atoms in total. The van der Waals surface area contributed by atoms with Crippen molar-refractivity contribution in [2.75, 3.05) is 6.54 Å². The minimum Gasteiger partial charge on any atom is -0.312 e. The highest BCUT2D eigenvalue weighted by atomic mass is 35.5. The molecule has 0 N–H and O–H groups in total. The zero-order valence-electron chi connectivity index (χ0n) is 13.2. The average molecular weight is 344 g/mol. The van der Waals surface area contributed by atoms with Gasteiger partial charge in [-0.1, -0.05) is 42.6 Å². The van der Waals surface area contributed by atoms with Crippen molar-refractivity contribution in [3.63, 3.8) is 0 Å². The summed E-state index contributed by atoms with van der Waals surface area (Å²) in [4.78, 5) is 32.4. The van der Waals surface area contributed by atoms with Gasteiger partial charge in [-0.25, -0.2) is 9.78 Å². The Balaban J connectivity index is 1.59. The number of benzene rings is 1. The van der Waals surface area contributed by atoms with Gasteiger partial charge in [0.1, 0.15) is 11.7 Å². The van der Waals surface area contributed by atoms with Crippen molar-refractivity contribution in [2.45, 2.75) is 38.3 Å². The van der Waals surface area contributed by atoms with Crippen LogP contribution in [0, 0.1) is 0 Å². The Hall–Kier alpha value is -2.14. The van der Waals surface area contributed by atoms with E-state index < -0.39 is 0 Å². The van der Waals surface area contributed by atoms with Gasteiger partial charge in [-0.2, -0.15) is 0 Å². The van der Waals surface area contributed by atoms with Gasteiger partial charge in [0.15, 0.2) is 0 Å². The van der Waals surface area contributed by atoms with Crippen molar-refractivity contribution >= 4 is 34.4 Å². The smallest absolute Gasteiger partial charge is 0.312 e. The van der Waals surface area contributed by atoms with Crippen LogP contribution in [-0.4, -0.2) is 39.3 Å². The maximum atomic E-state index is 12.6. The van der Waals surface area contributed by atoms with E-state index in [1.54, 1.807) is 4.90 Å². The van der Waals surface area contributed by atoms with E-state index in [2.05, 4.69) is 4.98 Å². The standard InChI is InChI=1S/C18H18ClN3O2/c19-17-13(9-12-5-1-4-8-15(12)20-17)10-22-16(23)11-21(18(22)24)14-6-2-3-7-14/h1,4-5,8-9,14H,2-3,6-7,10-11H2. The SMILES string of the molecule is O=C1CN(C2CCCC2)C(=O)N1Cc1cc2ccccc2nc1Cl. The fraction of sp³-hybridized carbons (Fsp3) is 0.389. The number of imide groups is 1. The second-order valence-corrected chi connectivity index (χ2v) is 6.82. The van der Waals surface area contributed by atoms with Crippen LogP contribution >= 0.6 is 11.6 Å². The maximum absolute atomic E-state index is 12.6. The van der Waals surface area contributed by atoms with Gasteiger partial charge in [-0.3, -0.25) is 9.69 Å². The molecule has 1 saturated heterocycles. The maximum Gasteiger partial charge on any atom is 0.327 e. The lowest BCUT2D eigenvalue weighted by atomic mass is 10.1. The number of rotatable bonds is 3. The average Bonchev–Trinajstić information content (AvgIpc) is 3.19. The van der Waals surface area contributed by atoms with E-state index in [1.165, 1.54) is 4.90 Å². The fourth-order valence-corrected chi connectivity index (χ4v) is 3.84. The molecule has 0 radical (unpaired) electrons. The fourth-order valence-electron chi connectivity index (χ4n) is 3.63. The third-order valence-electron chi connectivity index (χ3n) is 4.93. The zero-order valence-corrected chi connectivity index (χ0v) is 14.0. The molecule has 4 rings (SSSR count). The first kappa shape index (κ1) is 15.4. The molecule has 2 fully saturated rings. The highest BCUT2D eigenvalue weighted by Gasteiger charge is 2.40. The topological polar surface area (TPSA) is 53.5 Å². The number of pyridine rings is 1. The number of fused-ring (bicyclic) bond motifs is 1. The third-order valence-corrected chi connectivity index (χ3v) is 5.25. The number of para-hydroxylation sites is 1. The molecule has 2 aromatic rings. The van der Waals surface area contributed by atoms with Crippen molar-refractivity contribution in [3.05, 3.63) is 41.0 Å². The number of aromatic nitrogens is 1. The largest absolute Gasteiger partial charge is 0.327 e.